The van der Waals surface area contributed by atoms with Crippen LogP contribution in [0.4, 0.5) is 0 Å². The molecule has 4 rings (SSSR count). The second-order valence-electron chi connectivity index (χ2n) is 9.01. The van der Waals surface area contributed by atoms with E-state index in [0.717, 1.165) is 0 Å². The van der Waals surface area contributed by atoms with Gasteiger partial charge in [0.2, 0.25) is 5.91 Å². The molecule has 2 fully saturated rings. The number of aromatic carboxylic acids is 1. The highest BCUT2D eigenvalue weighted by Crippen LogP contribution is 2.63. The summed E-state index contributed by atoms with van der Waals surface area (Å²) in [4.78, 5) is 26.1. The van der Waals surface area contributed by atoms with Gasteiger partial charge in [-0.05, 0) is 24.5 Å². The van der Waals surface area contributed by atoms with Crippen LogP contribution in [0.2, 0.25) is 5.82 Å². The molecule has 1 saturated heterocycles. The summed E-state index contributed by atoms with van der Waals surface area (Å²) in [5.74, 6) is -1.92. The van der Waals surface area contributed by atoms with Crippen LogP contribution in [0.15, 0.2) is 12.1 Å². The molecule has 3 atom stereocenters. The average Bonchev–Trinajstić information content (AvgIpc) is 3.45. The number of nitrogens with one attached hydrogen (secondary N) is 1. The van der Waals surface area contributed by atoms with Gasteiger partial charge in [0, 0.05) is 19.6 Å². The van der Waals surface area contributed by atoms with Crippen molar-refractivity contribution in [3.63, 3.8) is 0 Å². The minimum Gasteiger partial charge on any atom is -0.669 e. The molecule has 170 valence electrons. The molecule has 3 aliphatic rings. The van der Waals surface area contributed by atoms with Crippen LogP contribution in [0.3, 0.4) is 0 Å². The average molecular weight is 436 g/mol. The van der Waals surface area contributed by atoms with Gasteiger partial charge in [0.1, 0.15) is 23.0 Å². The third kappa shape index (κ3) is 4.09. The lowest BCUT2D eigenvalue weighted by Gasteiger charge is -2.43. The molecule has 1 aliphatic carbocycles. The van der Waals surface area contributed by atoms with Crippen molar-refractivity contribution >= 4 is 18.6 Å². The maximum absolute atomic E-state index is 12.2. The molecule has 0 aromatic heterocycles. The van der Waals surface area contributed by atoms with Crippen molar-refractivity contribution < 1.29 is 39.9 Å². The summed E-state index contributed by atoms with van der Waals surface area (Å²) in [6, 6.07) is 3.32. The largest absolute Gasteiger partial charge is 0.669 e. The SMILES string of the molecule is CC(N)(CN1CC(Oc2ccc3c(c2C(=O)O)O[B-](O)(O)C2CC32)C1)C(=O)NCC[NH3+]. The highest BCUT2D eigenvalue weighted by molar-refractivity contribution is 6.62. The predicted octanol–water partition coefficient (Wildman–Crippen LogP) is -2.30. The van der Waals surface area contributed by atoms with E-state index in [2.05, 4.69) is 11.1 Å². The first-order chi connectivity index (χ1) is 14.5. The van der Waals surface area contributed by atoms with Crippen molar-refractivity contribution in [3.05, 3.63) is 23.3 Å². The number of hydrogen-bond acceptors (Lipinski definition) is 8. The summed E-state index contributed by atoms with van der Waals surface area (Å²) in [5.41, 5.74) is 9.21. The van der Waals surface area contributed by atoms with Crippen LogP contribution in [-0.4, -0.2) is 83.1 Å². The number of amides is 1. The molecule has 0 spiro atoms. The van der Waals surface area contributed by atoms with Crippen LogP contribution in [-0.2, 0) is 4.79 Å². The van der Waals surface area contributed by atoms with Gasteiger partial charge in [0.15, 0.2) is 0 Å². The molecule has 1 aromatic carbocycles. The third-order valence-electron chi connectivity index (χ3n) is 6.20. The van der Waals surface area contributed by atoms with E-state index in [9.17, 15) is 24.7 Å². The minimum absolute atomic E-state index is 0.0263. The number of nitrogens with zero attached hydrogens (tertiary/aromatic N) is 1. The van der Waals surface area contributed by atoms with Crippen molar-refractivity contribution in [2.45, 2.75) is 36.7 Å². The monoisotopic (exact) mass is 436 g/mol. The lowest BCUT2D eigenvalue weighted by Crippen LogP contribution is -2.65. The number of carbonyl (C=O) groups excluding carboxylic acids is 1. The maximum Gasteiger partial charge on any atom is 0.434 e. The van der Waals surface area contributed by atoms with Crippen LogP contribution >= 0.6 is 0 Å². The van der Waals surface area contributed by atoms with E-state index < -0.39 is 24.1 Å². The highest BCUT2D eigenvalue weighted by atomic mass is 16.6. The molecule has 1 aromatic rings. The molecule has 0 bridgehead atoms. The fourth-order valence-corrected chi connectivity index (χ4v) is 4.46. The number of likely N-dealkylation sites (tertiary alicyclic amines) is 1. The van der Waals surface area contributed by atoms with Gasteiger partial charge in [0.25, 0.3) is 0 Å². The molecule has 1 saturated carbocycles. The Morgan fingerprint density at radius 1 is 1.42 bits per heavy atom. The van der Waals surface area contributed by atoms with E-state index in [-0.39, 0.29) is 35.0 Å². The minimum atomic E-state index is -3.09. The molecule has 9 N–H and O–H groups in total. The zero-order chi connectivity index (χ0) is 22.6. The van der Waals surface area contributed by atoms with Gasteiger partial charge in [-0.25, -0.2) is 4.79 Å². The number of carboxylic acids is 1. The maximum atomic E-state index is 12.2. The Morgan fingerprint density at radius 3 is 2.77 bits per heavy atom. The van der Waals surface area contributed by atoms with Crippen LogP contribution < -0.4 is 26.2 Å². The quantitative estimate of drug-likeness (QED) is 0.244. The first-order valence-electron chi connectivity index (χ1n) is 10.5. The molecule has 0 radical (unpaired) electrons. The number of nitrogens with two attached hydrogens (primary N) is 1. The molecule has 11 nitrogen and oxygen atoms in total. The molecule has 2 heterocycles. The van der Waals surface area contributed by atoms with E-state index in [1.165, 1.54) is 0 Å². The van der Waals surface area contributed by atoms with Crippen molar-refractivity contribution in [1.82, 2.24) is 10.2 Å². The van der Waals surface area contributed by atoms with E-state index in [0.29, 0.717) is 44.7 Å². The molecule has 31 heavy (non-hydrogen) atoms. The standard InChI is InChI=1S/C19H28BN4O7/c1-19(22,18(27)23-5-4-21)9-24-7-10(8-24)30-14-3-2-11-12-6-13(12)20(28,29)31-16(11)15(14)17(25)26/h2-3,10,12-13,28-29H,4-9,21-22H2,1H3,(H,23,27)(H,25,26)/q-1/p+1. The van der Waals surface area contributed by atoms with Crippen LogP contribution in [0, 0.1) is 0 Å². The molecular weight excluding hydrogens is 407 g/mol. The number of quaternary nitrogens is 1. The van der Waals surface area contributed by atoms with Gasteiger partial charge in [-0.3, -0.25) is 9.69 Å². The Bertz CT molecular complexity index is 903. The Morgan fingerprint density at radius 2 is 2.13 bits per heavy atom. The zero-order valence-electron chi connectivity index (χ0n) is 17.4. The smallest absolute Gasteiger partial charge is 0.434 e. The van der Waals surface area contributed by atoms with Crippen LogP contribution in [0.25, 0.3) is 0 Å². The van der Waals surface area contributed by atoms with Crippen LogP contribution in [0.5, 0.6) is 11.5 Å². The number of benzene rings is 1. The molecule has 3 unspecified atom stereocenters. The summed E-state index contributed by atoms with van der Waals surface area (Å²) in [7, 11) is 0. The summed E-state index contributed by atoms with van der Waals surface area (Å²) in [5, 5.41) is 32.7. The lowest BCUT2D eigenvalue weighted by molar-refractivity contribution is -0.364. The Labute approximate surface area is 179 Å². The molecule has 12 heteroatoms. The number of rotatable bonds is 8. The van der Waals surface area contributed by atoms with Gasteiger partial charge >= 0.3 is 12.7 Å². The van der Waals surface area contributed by atoms with Crippen molar-refractivity contribution in [2.75, 3.05) is 32.7 Å². The van der Waals surface area contributed by atoms with E-state index in [1.807, 2.05) is 4.90 Å². The predicted molar refractivity (Wildman–Crippen MR) is 110 cm³/mol. The van der Waals surface area contributed by atoms with Gasteiger partial charge in [0.05, 0.1) is 18.8 Å². The van der Waals surface area contributed by atoms with E-state index in [4.69, 9.17) is 15.1 Å². The van der Waals surface area contributed by atoms with Crippen molar-refractivity contribution in [1.29, 1.82) is 0 Å². The van der Waals surface area contributed by atoms with Crippen molar-refractivity contribution in [2.24, 2.45) is 5.73 Å². The van der Waals surface area contributed by atoms with E-state index >= 15 is 0 Å². The Kier molecular flexibility index (Phi) is 5.38. The van der Waals surface area contributed by atoms with Gasteiger partial charge in [-0.1, -0.05) is 18.3 Å². The molecular formula is C19H29BN4O7. The summed E-state index contributed by atoms with van der Waals surface area (Å²) in [6.07, 6.45) is 0.266. The summed E-state index contributed by atoms with van der Waals surface area (Å²) >= 11 is 0. The fraction of sp³-hybridized carbons (Fsp3) is 0.579. The second kappa shape index (κ2) is 7.64. The van der Waals surface area contributed by atoms with Crippen molar-refractivity contribution in [3.8, 4) is 11.5 Å². The third-order valence-corrected chi connectivity index (χ3v) is 6.20. The highest BCUT2D eigenvalue weighted by Gasteiger charge is 2.55. The first kappa shape index (κ1) is 21.8. The Balaban J connectivity index is 1.41. The van der Waals surface area contributed by atoms with Crippen LogP contribution in [0.1, 0.15) is 35.2 Å². The normalized spacial score (nSPS) is 25.8. The zero-order valence-corrected chi connectivity index (χ0v) is 17.4. The number of hydrogen-bond donors (Lipinski definition) is 6. The summed E-state index contributed by atoms with van der Waals surface area (Å²) < 4.78 is 11.2. The van der Waals surface area contributed by atoms with E-state index in [1.54, 1.807) is 19.1 Å². The second-order valence-corrected chi connectivity index (χ2v) is 9.01. The molecule has 1 amide bonds. The number of fused-ring (bicyclic) bond motifs is 3. The van der Waals surface area contributed by atoms with Gasteiger partial charge in [-0.15, -0.1) is 0 Å². The summed E-state index contributed by atoms with van der Waals surface area (Å²) in [6.45, 7) is 0.896. The van der Waals surface area contributed by atoms with Gasteiger partial charge in [-0.2, -0.15) is 0 Å². The Hall–Kier alpha value is -2.38. The van der Waals surface area contributed by atoms with Gasteiger partial charge < -0.3 is 41.3 Å². The number of ether oxygens (including phenoxy) is 1. The number of carbonyl (C=O) groups is 2. The topological polar surface area (TPSA) is 182 Å². The lowest BCUT2D eigenvalue weighted by atomic mass is 9.68. The first-order valence-corrected chi connectivity index (χ1v) is 10.5. The number of carboxylic acid groups (broad SMARTS) is 1. The molecule has 2 aliphatic heterocycles. The fourth-order valence-electron chi connectivity index (χ4n) is 4.46.